The third kappa shape index (κ3) is 9.42. The molecule has 1 aromatic rings. The summed E-state index contributed by atoms with van der Waals surface area (Å²) in [6.45, 7) is 13.8. The first-order valence-electron chi connectivity index (χ1n) is 8.97. The van der Waals surface area contributed by atoms with Crippen LogP contribution in [0.3, 0.4) is 0 Å². The van der Waals surface area contributed by atoms with Gasteiger partial charge in [0.1, 0.15) is 0 Å². The molecular formula is C19H35IN4O. The number of aliphatic imine (C=N–C) groups is 1. The van der Waals surface area contributed by atoms with Gasteiger partial charge in [-0.25, -0.2) is 4.99 Å². The lowest BCUT2D eigenvalue weighted by molar-refractivity contribution is 0.179. The quantitative estimate of drug-likeness (QED) is 0.319. The smallest absolute Gasteiger partial charge is 0.191 e. The average molecular weight is 462 g/mol. The minimum absolute atomic E-state index is 0. The van der Waals surface area contributed by atoms with Gasteiger partial charge in [-0.2, -0.15) is 0 Å². The molecule has 1 unspecified atom stereocenters. The Kier molecular flexibility index (Phi) is 13.8. The Hall–Kier alpha value is -0.860. The maximum Gasteiger partial charge on any atom is 0.191 e. The first-order chi connectivity index (χ1) is 11.6. The normalized spacial score (nSPS) is 12.6. The topological polar surface area (TPSA) is 48.9 Å². The molecule has 0 aliphatic rings. The van der Waals surface area contributed by atoms with Crippen molar-refractivity contribution in [3.05, 3.63) is 35.4 Å². The summed E-state index contributed by atoms with van der Waals surface area (Å²) in [4.78, 5) is 7.17. The zero-order chi connectivity index (χ0) is 17.8. The first-order valence-corrected chi connectivity index (χ1v) is 8.97. The number of guanidine groups is 1. The van der Waals surface area contributed by atoms with Crippen LogP contribution in [0.15, 0.2) is 29.3 Å². The standard InChI is InChI=1S/C19H34N4O.HI/c1-6-20-19(22-16(4)15-24-5)21-13-17-11-9-10-12-18(17)14-23(7-2)8-3;/h9-12,16H,6-8,13-15H2,1-5H3,(H2,20,21,22);1H. The third-order valence-electron chi connectivity index (χ3n) is 3.96. The van der Waals surface area contributed by atoms with E-state index >= 15 is 0 Å². The highest BCUT2D eigenvalue weighted by Gasteiger charge is 2.08. The minimum Gasteiger partial charge on any atom is -0.383 e. The van der Waals surface area contributed by atoms with Gasteiger partial charge in [0, 0.05) is 26.2 Å². The van der Waals surface area contributed by atoms with Crippen LogP contribution in [0, 0.1) is 0 Å². The molecule has 0 amide bonds. The molecule has 0 aliphatic heterocycles. The van der Waals surface area contributed by atoms with Crippen LogP contribution in [-0.4, -0.2) is 50.3 Å². The Morgan fingerprint density at radius 3 is 2.36 bits per heavy atom. The first kappa shape index (κ1) is 24.1. The summed E-state index contributed by atoms with van der Waals surface area (Å²) in [5, 5.41) is 6.67. The minimum atomic E-state index is 0. The highest BCUT2D eigenvalue weighted by atomic mass is 127. The van der Waals surface area contributed by atoms with Gasteiger partial charge < -0.3 is 15.4 Å². The SMILES string of the molecule is CCNC(=NCc1ccccc1CN(CC)CC)NC(C)COC.I. The number of methoxy groups -OCH3 is 1. The molecule has 1 aromatic carbocycles. The maximum absolute atomic E-state index is 5.18. The summed E-state index contributed by atoms with van der Waals surface area (Å²) in [5.41, 5.74) is 2.63. The monoisotopic (exact) mass is 462 g/mol. The van der Waals surface area contributed by atoms with E-state index in [0.717, 1.165) is 32.1 Å². The van der Waals surface area contributed by atoms with E-state index in [1.165, 1.54) is 11.1 Å². The Bertz CT molecular complexity index is 492. The van der Waals surface area contributed by atoms with Gasteiger partial charge >= 0.3 is 0 Å². The van der Waals surface area contributed by atoms with Crippen LogP contribution in [0.5, 0.6) is 0 Å². The van der Waals surface area contributed by atoms with Crippen molar-refractivity contribution >= 4 is 29.9 Å². The van der Waals surface area contributed by atoms with Crippen molar-refractivity contribution in [3.8, 4) is 0 Å². The summed E-state index contributed by atoms with van der Waals surface area (Å²) in [6.07, 6.45) is 0. The van der Waals surface area contributed by atoms with E-state index in [1.54, 1.807) is 7.11 Å². The van der Waals surface area contributed by atoms with Crippen molar-refractivity contribution in [3.63, 3.8) is 0 Å². The molecule has 0 aromatic heterocycles. The summed E-state index contributed by atoms with van der Waals surface area (Å²) in [5.74, 6) is 0.833. The van der Waals surface area contributed by atoms with E-state index in [4.69, 9.17) is 9.73 Å². The summed E-state index contributed by atoms with van der Waals surface area (Å²) < 4.78 is 5.18. The number of rotatable bonds is 10. The van der Waals surface area contributed by atoms with Crippen molar-refractivity contribution in [1.29, 1.82) is 0 Å². The van der Waals surface area contributed by atoms with Crippen molar-refractivity contribution in [2.24, 2.45) is 4.99 Å². The van der Waals surface area contributed by atoms with Gasteiger partial charge in [0.05, 0.1) is 13.2 Å². The lowest BCUT2D eigenvalue weighted by atomic mass is 10.1. The van der Waals surface area contributed by atoms with E-state index in [0.29, 0.717) is 13.2 Å². The van der Waals surface area contributed by atoms with Crippen LogP contribution in [0.1, 0.15) is 38.8 Å². The number of hydrogen-bond donors (Lipinski definition) is 2. The lowest BCUT2D eigenvalue weighted by Crippen LogP contribution is -2.43. The number of nitrogens with zero attached hydrogens (tertiary/aromatic N) is 2. The summed E-state index contributed by atoms with van der Waals surface area (Å²) in [6, 6.07) is 8.79. The van der Waals surface area contributed by atoms with Crippen molar-refractivity contribution in [2.45, 2.75) is 46.8 Å². The number of hydrogen-bond acceptors (Lipinski definition) is 3. The van der Waals surface area contributed by atoms with E-state index in [1.807, 2.05) is 0 Å². The molecule has 25 heavy (non-hydrogen) atoms. The Labute approximate surface area is 170 Å². The van der Waals surface area contributed by atoms with Gasteiger partial charge in [-0.1, -0.05) is 38.1 Å². The lowest BCUT2D eigenvalue weighted by Gasteiger charge is -2.20. The van der Waals surface area contributed by atoms with Gasteiger partial charge in [0.25, 0.3) is 0 Å². The highest BCUT2D eigenvalue weighted by molar-refractivity contribution is 14.0. The highest BCUT2D eigenvalue weighted by Crippen LogP contribution is 2.13. The zero-order valence-corrected chi connectivity index (χ0v) is 18.7. The fraction of sp³-hybridized carbons (Fsp3) is 0.632. The molecule has 5 nitrogen and oxygen atoms in total. The number of halogens is 1. The molecule has 0 radical (unpaired) electrons. The van der Waals surface area contributed by atoms with E-state index < -0.39 is 0 Å². The van der Waals surface area contributed by atoms with Crippen LogP contribution < -0.4 is 10.6 Å². The predicted octanol–water partition coefficient (Wildman–Crippen LogP) is 3.24. The van der Waals surface area contributed by atoms with E-state index in [2.05, 4.69) is 67.5 Å². The molecule has 2 N–H and O–H groups in total. The molecule has 0 aliphatic carbocycles. The molecule has 0 saturated carbocycles. The average Bonchev–Trinajstić information content (AvgIpc) is 2.58. The van der Waals surface area contributed by atoms with Crippen molar-refractivity contribution < 1.29 is 4.74 Å². The predicted molar refractivity (Wildman–Crippen MR) is 118 cm³/mol. The number of nitrogens with one attached hydrogen (secondary N) is 2. The fourth-order valence-corrected chi connectivity index (χ4v) is 2.56. The third-order valence-corrected chi connectivity index (χ3v) is 3.96. The molecule has 0 heterocycles. The van der Waals surface area contributed by atoms with Crippen LogP contribution in [0.25, 0.3) is 0 Å². The van der Waals surface area contributed by atoms with Gasteiger partial charge in [-0.3, -0.25) is 4.90 Å². The molecular weight excluding hydrogens is 427 g/mol. The second kappa shape index (κ2) is 14.3. The number of benzene rings is 1. The molecule has 0 bridgehead atoms. The maximum atomic E-state index is 5.18. The van der Waals surface area contributed by atoms with Crippen LogP contribution >= 0.6 is 24.0 Å². The largest absolute Gasteiger partial charge is 0.383 e. The van der Waals surface area contributed by atoms with Crippen molar-refractivity contribution in [1.82, 2.24) is 15.5 Å². The fourth-order valence-electron chi connectivity index (χ4n) is 2.56. The van der Waals surface area contributed by atoms with Gasteiger partial charge in [-0.05, 0) is 38.1 Å². The molecule has 144 valence electrons. The van der Waals surface area contributed by atoms with Crippen LogP contribution in [0.4, 0.5) is 0 Å². The molecule has 1 atom stereocenters. The molecule has 0 fully saturated rings. The second-order valence-corrected chi connectivity index (χ2v) is 5.93. The molecule has 1 rings (SSSR count). The van der Waals surface area contributed by atoms with E-state index in [9.17, 15) is 0 Å². The van der Waals surface area contributed by atoms with Crippen LogP contribution in [0.2, 0.25) is 0 Å². The van der Waals surface area contributed by atoms with Crippen LogP contribution in [-0.2, 0) is 17.8 Å². The van der Waals surface area contributed by atoms with Gasteiger partial charge in [0.15, 0.2) is 5.96 Å². The molecule has 0 spiro atoms. The summed E-state index contributed by atoms with van der Waals surface area (Å²) in [7, 11) is 1.71. The Morgan fingerprint density at radius 2 is 1.80 bits per heavy atom. The second-order valence-electron chi connectivity index (χ2n) is 5.93. The summed E-state index contributed by atoms with van der Waals surface area (Å²) >= 11 is 0. The van der Waals surface area contributed by atoms with Gasteiger partial charge in [0.2, 0.25) is 0 Å². The van der Waals surface area contributed by atoms with E-state index in [-0.39, 0.29) is 30.0 Å². The molecule has 0 saturated heterocycles. The number of ether oxygens (including phenoxy) is 1. The van der Waals surface area contributed by atoms with Gasteiger partial charge in [-0.15, -0.1) is 24.0 Å². The van der Waals surface area contributed by atoms with Crippen molar-refractivity contribution in [2.75, 3.05) is 33.4 Å². The zero-order valence-electron chi connectivity index (χ0n) is 16.3. The Balaban J connectivity index is 0.00000576. The Morgan fingerprint density at radius 1 is 1.16 bits per heavy atom. The molecule has 6 heteroatoms.